The maximum absolute atomic E-state index is 12.2. The van der Waals surface area contributed by atoms with E-state index in [9.17, 15) is 4.79 Å². The Bertz CT molecular complexity index is 452. The summed E-state index contributed by atoms with van der Waals surface area (Å²) in [4.78, 5) is 12.2. The van der Waals surface area contributed by atoms with Crippen LogP contribution in [0.1, 0.15) is 54.2 Å². The van der Waals surface area contributed by atoms with Gasteiger partial charge < -0.3 is 5.32 Å². The van der Waals surface area contributed by atoms with Gasteiger partial charge in [0.1, 0.15) is 5.38 Å². The van der Waals surface area contributed by atoms with Crippen molar-refractivity contribution in [3.63, 3.8) is 0 Å². The fourth-order valence-electron chi connectivity index (χ4n) is 2.71. The maximum atomic E-state index is 12.2. The molecule has 1 aromatic carbocycles. The van der Waals surface area contributed by atoms with Crippen molar-refractivity contribution in [2.24, 2.45) is 0 Å². The summed E-state index contributed by atoms with van der Waals surface area (Å²) < 4.78 is 0. The van der Waals surface area contributed by atoms with Crippen molar-refractivity contribution in [2.75, 3.05) is 0 Å². The summed E-state index contributed by atoms with van der Waals surface area (Å²) in [6.45, 7) is 4.06. The molecule has 1 aliphatic rings. The topological polar surface area (TPSA) is 29.1 Å². The number of carbonyl (C=O) groups excluding carboxylic acids is 1. The van der Waals surface area contributed by atoms with Gasteiger partial charge in [0.05, 0.1) is 0 Å². The first-order valence-electron chi connectivity index (χ1n) is 7.10. The molecule has 2 rings (SSSR count). The zero-order valence-corrected chi connectivity index (χ0v) is 12.5. The van der Waals surface area contributed by atoms with Crippen LogP contribution in [0.15, 0.2) is 18.2 Å². The number of amides is 1. The molecular weight excluding hydrogens is 258 g/mol. The first-order chi connectivity index (χ1) is 9.09. The highest BCUT2D eigenvalue weighted by Gasteiger charge is 2.23. The Balaban J connectivity index is 2.03. The van der Waals surface area contributed by atoms with Gasteiger partial charge in [0, 0.05) is 6.04 Å². The smallest absolute Gasteiger partial charge is 0.242 e. The lowest BCUT2D eigenvalue weighted by molar-refractivity contribution is -0.121. The van der Waals surface area contributed by atoms with Crippen molar-refractivity contribution in [3.8, 4) is 0 Å². The number of alkyl halides is 1. The molecule has 0 aromatic heterocycles. The van der Waals surface area contributed by atoms with E-state index in [1.807, 2.05) is 32.0 Å². The monoisotopic (exact) mass is 279 g/mol. The molecule has 1 N–H and O–H groups in total. The van der Waals surface area contributed by atoms with Crippen molar-refractivity contribution in [3.05, 3.63) is 34.9 Å². The van der Waals surface area contributed by atoms with Crippen LogP contribution in [0.4, 0.5) is 0 Å². The molecular formula is C16H22ClNO. The van der Waals surface area contributed by atoms with Gasteiger partial charge in [-0.2, -0.15) is 0 Å². The van der Waals surface area contributed by atoms with Crippen LogP contribution in [0.5, 0.6) is 0 Å². The lowest BCUT2D eigenvalue weighted by atomic mass is 9.95. The van der Waals surface area contributed by atoms with Gasteiger partial charge in [-0.3, -0.25) is 4.79 Å². The van der Waals surface area contributed by atoms with E-state index in [0.29, 0.717) is 6.04 Å². The molecule has 2 nitrogen and oxygen atoms in total. The number of carbonyl (C=O) groups is 1. The third-order valence-electron chi connectivity index (χ3n) is 4.10. The van der Waals surface area contributed by atoms with Gasteiger partial charge in [-0.15, -0.1) is 11.6 Å². The molecule has 1 atom stereocenters. The number of nitrogens with one attached hydrogen (secondary N) is 1. The molecule has 0 heterocycles. The van der Waals surface area contributed by atoms with Gasteiger partial charge in [0.2, 0.25) is 5.91 Å². The standard InChI is InChI=1S/C16H22ClNO/c1-11-7-6-10-14(12(11)2)15(17)16(19)18-13-8-4-3-5-9-13/h6-7,10,13,15H,3-5,8-9H2,1-2H3,(H,18,19). The number of aryl methyl sites for hydroxylation is 1. The van der Waals surface area contributed by atoms with E-state index in [1.165, 1.54) is 24.8 Å². The highest BCUT2D eigenvalue weighted by molar-refractivity contribution is 6.30. The van der Waals surface area contributed by atoms with E-state index >= 15 is 0 Å². The zero-order valence-electron chi connectivity index (χ0n) is 11.7. The van der Waals surface area contributed by atoms with Gasteiger partial charge in [0.25, 0.3) is 0 Å². The van der Waals surface area contributed by atoms with Crippen molar-refractivity contribution in [1.29, 1.82) is 0 Å². The van der Waals surface area contributed by atoms with Crippen molar-refractivity contribution in [1.82, 2.24) is 5.32 Å². The fourth-order valence-corrected chi connectivity index (χ4v) is 3.01. The Hall–Kier alpha value is -1.02. The molecule has 1 saturated carbocycles. The lowest BCUT2D eigenvalue weighted by Gasteiger charge is -2.24. The van der Waals surface area contributed by atoms with Gasteiger partial charge in [-0.05, 0) is 43.4 Å². The predicted molar refractivity (Wildman–Crippen MR) is 79.5 cm³/mol. The van der Waals surface area contributed by atoms with Gasteiger partial charge in [-0.25, -0.2) is 0 Å². The summed E-state index contributed by atoms with van der Waals surface area (Å²) in [5.74, 6) is -0.0535. The molecule has 3 heteroatoms. The summed E-state index contributed by atoms with van der Waals surface area (Å²) in [7, 11) is 0. The highest BCUT2D eigenvalue weighted by Crippen LogP contribution is 2.27. The number of hydrogen-bond donors (Lipinski definition) is 1. The summed E-state index contributed by atoms with van der Waals surface area (Å²) in [5.41, 5.74) is 3.21. The Morgan fingerprint density at radius 1 is 1.26 bits per heavy atom. The van der Waals surface area contributed by atoms with Crippen LogP contribution in [-0.2, 0) is 4.79 Å². The van der Waals surface area contributed by atoms with Gasteiger partial charge in [0.15, 0.2) is 0 Å². The van der Waals surface area contributed by atoms with E-state index in [0.717, 1.165) is 24.0 Å². The largest absolute Gasteiger partial charge is 0.352 e. The average Bonchev–Trinajstić information content (AvgIpc) is 2.42. The van der Waals surface area contributed by atoms with Gasteiger partial charge >= 0.3 is 0 Å². The molecule has 1 unspecified atom stereocenters. The molecule has 19 heavy (non-hydrogen) atoms. The molecule has 1 fully saturated rings. The predicted octanol–water partition coefficient (Wildman–Crippen LogP) is 4.03. The number of benzene rings is 1. The molecule has 0 saturated heterocycles. The van der Waals surface area contributed by atoms with Crippen LogP contribution >= 0.6 is 11.6 Å². The Labute approximate surface area is 120 Å². The van der Waals surface area contributed by atoms with Crippen LogP contribution < -0.4 is 5.32 Å². The van der Waals surface area contributed by atoms with E-state index in [1.54, 1.807) is 0 Å². The van der Waals surface area contributed by atoms with Crippen LogP contribution in [-0.4, -0.2) is 11.9 Å². The lowest BCUT2D eigenvalue weighted by Crippen LogP contribution is -2.38. The highest BCUT2D eigenvalue weighted by atomic mass is 35.5. The molecule has 0 radical (unpaired) electrons. The van der Waals surface area contributed by atoms with Crippen LogP contribution in [0.2, 0.25) is 0 Å². The first-order valence-corrected chi connectivity index (χ1v) is 7.54. The average molecular weight is 280 g/mol. The normalized spacial score (nSPS) is 18.1. The van der Waals surface area contributed by atoms with E-state index in [-0.39, 0.29) is 5.91 Å². The molecule has 104 valence electrons. The first kappa shape index (κ1) is 14.4. The molecule has 0 bridgehead atoms. The number of halogens is 1. The molecule has 1 amide bonds. The molecule has 0 spiro atoms. The molecule has 1 aromatic rings. The summed E-state index contributed by atoms with van der Waals surface area (Å²) >= 11 is 6.34. The van der Waals surface area contributed by atoms with Crippen LogP contribution in [0, 0.1) is 13.8 Å². The quantitative estimate of drug-likeness (QED) is 0.832. The SMILES string of the molecule is Cc1cccc(C(Cl)C(=O)NC2CCCCC2)c1C. The fraction of sp³-hybridized carbons (Fsp3) is 0.562. The third kappa shape index (κ3) is 3.50. The third-order valence-corrected chi connectivity index (χ3v) is 4.53. The van der Waals surface area contributed by atoms with Crippen molar-refractivity contribution < 1.29 is 4.79 Å². The second-order valence-corrected chi connectivity index (χ2v) is 5.93. The summed E-state index contributed by atoms with van der Waals surface area (Å²) in [6.07, 6.45) is 5.88. The summed E-state index contributed by atoms with van der Waals surface area (Å²) in [6, 6.07) is 6.26. The minimum absolute atomic E-state index is 0.0535. The second kappa shape index (κ2) is 6.42. The zero-order chi connectivity index (χ0) is 13.8. The number of rotatable bonds is 3. The minimum atomic E-state index is -0.582. The Morgan fingerprint density at radius 2 is 1.95 bits per heavy atom. The number of hydrogen-bond acceptors (Lipinski definition) is 1. The second-order valence-electron chi connectivity index (χ2n) is 5.50. The molecule has 1 aliphatic carbocycles. The molecule has 0 aliphatic heterocycles. The van der Waals surface area contributed by atoms with Crippen molar-refractivity contribution in [2.45, 2.75) is 57.4 Å². The van der Waals surface area contributed by atoms with E-state index in [4.69, 9.17) is 11.6 Å². The Morgan fingerprint density at radius 3 is 2.63 bits per heavy atom. The van der Waals surface area contributed by atoms with Gasteiger partial charge in [-0.1, -0.05) is 37.5 Å². The summed E-state index contributed by atoms with van der Waals surface area (Å²) in [5, 5.41) is 2.51. The van der Waals surface area contributed by atoms with Crippen LogP contribution in [0.3, 0.4) is 0 Å². The van der Waals surface area contributed by atoms with Crippen molar-refractivity contribution >= 4 is 17.5 Å². The van der Waals surface area contributed by atoms with E-state index < -0.39 is 5.38 Å². The van der Waals surface area contributed by atoms with Crippen LogP contribution in [0.25, 0.3) is 0 Å². The Kier molecular flexibility index (Phi) is 4.87. The minimum Gasteiger partial charge on any atom is -0.352 e. The maximum Gasteiger partial charge on any atom is 0.242 e. The van der Waals surface area contributed by atoms with E-state index in [2.05, 4.69) is 5.32 Å².